The smallest absolute Gasteiger partial charge is 0.306 e. The van der Waals surface area contributed by atoms with Crippen LogP contribution < -0.4 is 5.32 Å². The van der Waals surface area contributed by atoms with Gasteiger partial charge in [-0.05, 0) is 5.56 Å². The highest BCUT2D eigenvalue weighted by Crippen LogP contribution is 2.02. The molecule has 0 aliphatic carbocycles. The first kappa shape index (κ1) is 12.2. The lowest BCUT2D eigenvalue weighted by Crippen LogP contribution is -2.19. The third-order valence-corrected chi connectivity index (χ3v) is 2.08. The van der Waals surface area contributed by atoms with Crippen LogP contribution in [-0.2, 0) is 20.9 Å². The zero-order chi connectivity index (χ0) is 11.8. The molecule has 0 fully saturated rings. The van der Waals surface area contributed by atoms with Crippen LogP contribution in [0.2, 0.25) is 0 Å². The average Bonchev–Trinajstić information content (AvgIpc) is 2.34. The van der Waals surface area contributed by atoms with E-state index in [1.807, 2.05) is 30.3 Å². The average molecular weight is 221 g/mol. The molecule has 0 aliphatic rings. The molecule has 1 aromatic rings. The molecule has 0 aromatic heterocycles. The standard InChI is InChI=1S/C12H15NO3/c1-13-11(14)7-8-12(15)16-9-10-5-3-2-4-6-10/h2-6H,7-9H2,1H3,(H,13,14). The van der Waals surface area contributed by atoms with Gasteiger partial charge in [-0.25, -0.2) is 0 Å². The van der Waals surface area contributed by atoms with Crippen molar-refractivity contribution in [2.75, 3.05) is 7.05 Å². The maximum absolute atomic E-state index is 11.2. The van der Waals surface area contributed by atoms with E-state index < -0.39 is 0 Å². The molecule has 86 valence electrons. The predicted molar refractivity (Wildman–Crippen MR) is 59.5 cm³/mol. The van der Waals surface area contributed by atoms with Gasteiger partial charge in [0.25, 0.3) is 0 Å². The number of nitrogens with one attached hydrogen (secondary N) is 1. The van der Waals surface area contributed by atoms with Crippen LogP contribution in [0, 0.1) is 0 Å². The molecule has 0 radical (unpaired) electrons. The van der Waals surface area contributed by atoms with E-state index in [1.165, 1.54) is 7.05 Å². The molecule has 0 saturated heterocycles. The van der Waals surface area contributed by atoms with Gasteiger partial charge in [-0.2, -0.15) is 0 Å². The van der Waals surface area contributed by atoms with Gasteiger partial charge < -0.3 is 10.1 Å². The topological polar surface area (TPSA) is 55.4 Å². The Balaban J connectivity index is 2.23. The summed E-state index contributed by atoms with van der Waals surface area (Å²) in [5.41, 5.74) is 0.941. The van der Waals surface area contributed by atoms with Crippen LogP contribution >= 0.6 is 0 Å². The second-order valence-corrected chi connectivity index (χ2v) is 3.32. The highest BCUT2D eigenvalue weighted by molar-refractivity contribution is 5.80. The van der Waals surface area contributed by atoms with E-state index >= 15 is 0 Å². The second kappa shape index (κ2) is 6.61. The van der Waals surface area contributed by atoms with Gasteiger partial charge in [0, 0.05) is 13.5 Å². The van der Waals surface area contributed by atoms with Crippen molar-refractivity contribution in [2.24, 2.45) is 0 Å². The second-order valence-electron chi connectivity index (χ2n) is 3.32. The third-order valence-electron chi connectivity index (χ3n) is 2.08. The van der Waals surface area contributed by atoms with E-state index in [0.717, 1.165) is 5.56 Å². The Morgan fingerprint density at radius 2 is 1.88 bits per heavy atom. The van der Waals surface area contributed by atoms with Crippen molar-refractivity contribution in [3.05, 3.63) is 35.9 Å². The zero-order valence-corrected chi connectivity index (χ0v) is 9.23. The molecule has 4 heteroatoms. The number of ether oxygens (including phenoxy) is 1. The van der Waals surface area contributed by atoms with Crippen molar-refractivity contribution in [3.8, 4) is 0 Å². The van der Waals surface area contributed by atoms with Crippen LogP contribution in [0.1, 0.15) is 18.4 Å². The molecule has 0 atom stereocenters. The highest BCUT2D eigenvalue weighted by atomic mass is 16.5. The van der Waals surface area contributed by atoms with Crippen LogP contribution in [0.4, 0.5) is 0 Å². The molecule has 1 aromatic carbocycles. The van der Waals surface area contributed by atoms with E-state index in [4.69, 9.17) is 4.74 Å². The monoisotopic (exact) mass is 221 g/mol. The number of esters is 1. The molecule has 1 rings (SSSR count). The van der Waals surface area contributed by atoms with Crippen LogP contribution in [0.5, 0.6) is 0 Å². The van der Waals surface area contributed by atoms with E-state index in [-0.39, 0.29) is 31.3 Å². The summed E-state index contributed by atoms with van der Waals surface area (Å²) < 4.78 is 5.00. The number of hydrogen-bond donors (Lipinski definition) is 1. The maximum atomic E-state index is 11.2. The van der Waals surface area contributed by atoms with Crippen molar-refractivity contribution < 1.29 is 14.3 Å². The molecule has 1 amide bonds. The highest BCUT2D eigenvalue weighted by Gasteiger charge is 2.06. The van der Waals surface area contributed by atoms with Crippen molar-refractivity contribution in [2.45, 2.75) is 19.4 Å². The minimum atomic E-state index is -0.354. The first-order chi connectivity index (χ1) is 7.72. The van der Waals surface area contributed by atoms with Gasteiger partial charge in [0.2, 0.25) is 5.91 Å². The summed E-state index contributed by atoms with van der Waals surface area (Å²) in [7, 11) is 1.54. The summed E-state index contributed by atoms with van der Waals surface area (Å²) in [6.45, 7) is 0.257. The lowest BCUT2D eigenvalue weighted by Gasteiger charge is -2.04. The van der Waals surface area contributed by atoms with Crippen LogP contribution in [0.3, 0.4) is 0 Å². The van der Waals surface area contributed by atoms with Gasteiger partial charge in [-0.1, -0.05) is 30.3 Å². The van der Waals surface area contributed by atoms with Crippen LogP contribution in [-0.4, -0.2) is 18.9 Å². The largest absolute Gasteiger partial charge is 0.461 e. The number of rotatable bonds is 5. The molecule has 0 saturated carbocycles. The van der Waals surface area contributed by atoms with Gasteiger partial charge in [-0.15, -0.1) is 0 Å². The minimum Gasteiger partial charge on any atom is -0.461 e. The molecule has 0 spiro atoms. The molecule has 0 unspecified atom stereocenters. The van der Waals surface area contributed by atoms with Gasteiger partial charge in [0.15, 0.2) is 0 Å². The molecule has 0 heterocycles. The molecular weight excluding hydrogens is 206 g/mol. The SMILES string of the molecule is CNC(=O)CCC(=O)OCc1ccccc1. The Kier molecular flexibility index (Phi) is 5.05. The summed E-state index contributed by atoms with van der Waals surface area (Å²) in [5, 5.41) is 2.45. The Hall–Kier alpha value is -1.84. The number of amides is 1. The Morgan fingerprint density at radius 1 is 1.19 bits per heavy atom. The molecular formula is C12H15NO3. The minimum absolute atomic E-state index is 0.118. The van der Waals surface area contributed by atoms with E-state index in [1.54, 1.807) is 0 Å². The van der Waals surface area contributed by atoms with Crippen LogP contribution in [0.15, 0.2) is 30.3 Å². The Bertz CT molecular complexity index is 349. The van der Waals surface area contributed by atoms with Crippen molar-refractivity contribution in [1.82, 2.24) is 5.32 Å². The fraction of sp³-hybridized carbons (Fsp3) is 0.333. The number of hydrogen-bond acceptors (Lipinski definition) is 3. The number of carbonyl (C=O) groups is 2. The quantitative estimate of drug-likeness (QED) is 0.761. The summed E-state index contributed by atoms with van der Waals surface area (Å²) in [6.07, 6.45) is 0.288. The lowest BCUT2D eigenvalue weighted by atomic mass is 10.2. The fourth-order valence-electron chi connectivity index (χ4n) is 1.15. The van der Waals surface area contributed by atoms with Gasteiger partial charge in [0.05, 0.1) is 6.42 Å². The van der Waals surface area contributed by atoms with Crippen molar-refractivity contribution in [1.29, 1.82) is 0 Å². The molecule has 0 aliphatic heterocycles. The number of benzene rings is 1. The number of carbonyl (C=O) groups excluding carboxylic acids is 2. The van der Waals surface area contributed by atoms with Gasteiger partial charge in [0.1, 0.15) is 6.61 Å². The van der Waals surface area contributed by atoms with Crippen molar-refractivity contribution in [3.63, 3.8) is 0 Å². The van der Waals surface area contributed by atoms with E-state index in [0.29, 0.717) is 0 Å². The van der Waals surface area contributed by atoms with Crippen LogP contribution in [0.25, 0.3) is 0 Å². The summed E-state index contributed by atoms with van der Waals surface area (Å²) in [6, 6.07) is 9.43. The zero-order valence-electron chi connectivity index (χ0n) is 9.23. The van der Waals surface area contributed by atoms with E-state index in [9.17, 15) is 9.59 Å². The fourth-order valence-corrected chi connectivity index (χ4v) is 1.15. The maximum Gasteiger partial charge on any atom is 0.306 e. The summed E-state index contributed by atoms with van der Waals surface area (Å²) >= 11 is 0. The van der Waals surface area contributed by atoms with E-state index in [2.05, 4.69) is 5.32 Å². The molecule has 4 nitrogen and oxygen atoms in total. The first-order valence-corrected chi connectivity index (χ1v) is 5.12. The van der Waals surface area contributed by atoms with Gasteiger partial charge in [-0.3, -0.25) is 9.59 Å². The Morgan fingerprint density at radius 3 is 2.50 bits per heavy atom. The predicted octanol–water partition coefficient (Wildman–Crippen LogP) is 1.26. The van der Waals surface area contributed by atoms with Crippen molar-refractivity contribution >= 4 is 11.9 Å². The lowest BCUT2D eigenvalue weighted by molar-refractivity contribution is -0.146. The third kappa shape index (κ3) is 4.59. The normalized spacial score (nSPS) is 9.56. The first-order valence-electron chi connectivity index (χ1n) is 5.12. The summed E-state index contributed by atoms with van der Waals surface area (Å²) in [5.74, 6) is -0.510. The molecule has 1 N–H and O–H groups in total. The summed E-state index contributed by atoms with van der Waals surface area (Å²) in [4.78, 5) is 22.1. The Labute approximate surface area is 94.6 Å². The molecule has 16 heavy (non-hydrogen) atoms. The van der Waals surface area contributed by atoms with Gasteiger partial charge >= 0.3 is 5.97 Å². The molecule has 0 bridgehead atoms.